The minimum atomic E-state index is 0.431. The Balaban J connectivity index is 1.71. The molecule has 0 spiro atoms. The standard InChI is InChI=1S/C15H16IN5S/c1-20-8-2-3-11(9-20)13-17-18-15-21(13)19-14(22-15)10-4-6-12(16)7-5-10/h4-7,11H,2-3,8-9H2,1H3. The van der Waals surface area contributed by atoms with Crippen LogP contribution in [-0.4, -0.2) is 44.8 Å². The van der Waals surface area contributed by atoms with Gasteiger partial charge in [-0.3, -0.25) is 0 Å². The molecule has 0 aliphatic carbocycles. The lowest BCUT2D eigenvalue weighted by Crippen LogP contribution is -2.31. The third kappa shape index (κ3) is 2.65. The predicted molar refractivity (Wildman–Crippen MR) is 96.3 cm³/mol. The molecule has 5 nitrogen and oxygen atoms in total. The monoisotopic (exact) mass is 425 g/mol. The number of nitrogens with zero attached hydrogens (tertiary/aromatic N) is 5. The summed E-state index contributed by atoms with van der Waals surface area (Å²) in [6.45, 7) is 2.21. The molecule has 0 bridgehead atoms. The van der Waals surface area contributed by atoms with Crippen molar-refractivity contribution in [1.29, 1.82) is 0 Å². The molecule has 3 aromatic rings. The summed E-state index contributed by atoms with van der Waals surface area (Å²) < 4.78 is 3.18. The number of hydrogen-bond donors (Lipinski definition) is 0. The fourth-order valence-electron chi connectivity index (χ4n) is 2.97. The minimum absolute atomic E-state index is 0.431. The van der Waals surface area contributed by atoms with Crippen molar-refractivity contribution in [2.75, 3.05) is 20.1 Å². The quantitative estimate of drug-likeness (QED) is 0.592. The van der Waals surface area contributed by atoms with Crippen molar-refractivity contribution < 1.29 is 0 Å². The van der Waals surface area contributed by atoms with Crippen LogP contribution in [0.1, 0.15) is 24.6 Å². The molecule has 1 aliphatic heterocycles. The molecule has 1 fully saturated rings. The molecule has 114 valence electrons. The van der Waals surface area contributed by atoms with E-state index in [9.17, 15) is 0 Å². The van der Waals surface area contributed by atoms with Crippen LogP contribution in [0.4, 0.5) is 0 Å². The molecule has 1 unspecified atom stereocenters. The molecule has 0 saturated carbocycles. The van der Waals surface area contributed by atoms with Gasteiger partial charge in [-0.1, -0.05) is 23.5 Å². The van der Waals surface area contributed by atoms with Crippen molar-refractivity contribution in [3.8, 4) is 10.6 Å². The molecular formula is C15H16IN5S. The second-order valence-electron chi connectivity index (χ2n) is 5.77. The highest BCUT2D eigenvalue weighted by molar-refractivity contribution is 14.1. The van der Waals surface area contributed by atoms with E-state index in [1.54, 1.807) is 11.3 Å². The first-order chi connectivity index (χ1) is 10.7. The van der Waals surface area contributed by atoms with E-state index in [2.05, 4.69) is 69.0 Å². The molecule has 0 radical (unpaired) electrons. The molecule has 0 N–H and O–H groups in total. The summed E-state index contributed by atoms with van der Waals surface area (Å²) in [5.74, 6) is 1.44. The van der Waals surface area contributed by atoms with Crippen molar-refractivity contribution in [1.82, 2.24) is 24.7 Å². The van der Waals surface area contributed by atoms with E-state index in [-0.39, 0.29) is 0 Å². The van der Waals surface area contributed by atoms with Crippen molar-refractivity contribution in [2.24, 2.45) is 0 Å². The zero-order chi connectivity index (χ0) is 15.1. The molecular weight excluding hydrogens is 409 g/mol. The van der Waals surface area contributed by atoms with Gasteiger partial charge in [-0.2, -0.15) is 9.61 Å². The number of likely N-dealkylation sites (N-methyl/N-ethyl adjacent to an activating group) is 1. The molecule has 22 heavy (non-hydrogen) atoms. The zero-order valence-electron chi connectivity index (χ0n) is 12.2. The van der Waals surface area contributed by atoms with E-state index in [0.717, 1.165) is 27.9 Å². The van der Waals surface area contributed by atoms with Crippen molar-refractivity contribution in [3.05, 3.63) is 33.7 Å². The van der Waals surface area contributed by atoms with E-state index in [4.69, 9.17) is 5.10 Å². The highest BCUT2D eigenvalue weighted by Gasteiger charge is 2.25. The molecule has 7 heteroatoms. The van der Waals surface area contributed by atoms with Crippen LogP contribution in [0, 0.1) is 3.57 Å². The Labute approximate surface area is 146 Å². The summed E-state index contributed by atoms with van der Waals surface area (Å²) in [5, 5.41) is 14.5. The van der Waals surface area contributed by atoms with Gasteiger partial charge >= 0.3 is 0 Å². The van der Waals surface area contributed by atoms with Gasteiger partial charge in [-0.15, -0.1) is 10.2 Å². The van der Waals surface area contributed by atoms with Crippen LogP contribution in [0.15, 0.2) is 24.3 Å². The van der Waals surface area contributed by atoms with Gasteiger partial charge in [-0.05, 0) is 61.2 Å². The maximum atomic E-state index is 4.76. The summed E-state index contributed by atoms with van der Waals surface area (Å²) in [4.78, 5) is 3.25. The van der Waals surface area contributed by atoms with Gasteiger partial charge in [0.1, 0.15) is 5.01 Å². The Bertz CT molecular complexity index is 794. The number of piperidine rings is 1. The van der Waals surface area contributed by atoms with Crippen molar-refractivity contribution in [2.45, 2.75) is 18.8 Å². The van der Waals surface area contributed by atoms with Crippen LogP contribution in [0.3, 0.4) is 0 Å². The van der Waals surface area contributed by atoms with E-state index >= 15 is 0 Å². The Kier molecular flexibility index (Phi) is 3.87. The predicted octanol–water partition coefficient (Wildman–Crippen LogP) is 3.27. The first-order valence-corrected chi connectivity index (χ1v) is 9.27. The summed E-state index contributed by atoms with van der Waals surface area (Å²) in [6, 6.07) is 8.44. The smallest absolute Gasteiger partial charge is 0.234 e. The molecule has 4 rings (SSSR count). The van der Waals surface area contributed by atoms with Crippen LogP contribution in [0.5, 0.6) is 0 Å². The molecule has 0 amide bonds. The average Bonchev–Trinajstić information content (AvgIpc) is 3.08. The van der Waals surface area contributed by atoms with Gasteiger partial charge in [0.25, 0.3) is 0 Å². The van der Waals surface area contributed by atoms with Crippen LogP contribution in [0.2, 0.25) is 0 Å². The number of halogens is 1. The van der Waals surface area contributed by atoms with Gasteiger partial charge in [0.15, 0.2) is 5.82 Å². The Morgan fingerprint density at radius 2 is 2.05 bits per heavy atom. The Morgan fingerprint density at radius 1 is 1.23 bits per heavy atom. The number of benzene rings is 1. The third-order valence-corrected chi connectivity index (χ3v) is 5.76. The summed E-state index contributed by atoms with van der Waals surface area (Å²) in [6.07, 6.45) is 2.38. The van der Waals surface area contributed by atoms with E-state index in [0.29, 0.717) is 5.92 Å². The molecule has 1 atom stereocenters. The maximum Gasteiger partial charge on any atom is 0.234 e. The van der Waals surface area contributed by atoms with Crippen LogP contribution in [-0.2, 0) is 0 Å². The molecule has 2 aromatic heterocycles. The van der Waals surface area contributed by atoms with Gasteiger partial charge in [0, 0.05) is 21.6 Å². The van der Waals surface area contributed by atoms with Gasteiger partial charge in [-0.25, -0.2) is 0 Å². The lowest BCUT2D eigenvalue weighted by Gasteiger charge is -2.28. The fourth-order valence-corrected chi connectivity index (χ4v) is 4.18. The number of rotatable bonds is 2. The second kappa shape index (κ2) is 5.86. The average molecular weight is 425 g/mol. The highest BCUT2D eigenvalue weighted by atomic mass is 127. The molecule has 3 heterocycles. The zero-order valence-corrected chi connectivity index (χ0v) is 15.2. The highest BCUT2D eigenvalue weighted by Crippen LogP contribution is 2.30. The first-order valence-electron chi connectivity index (χ1n) is 7.37. The lowest BCUT2D eigenvalue weighted by molar-refractivity contribution is 0.244. The lowest BCUT2D eigenvalue weighted by atomic mass is 9.98. The number of aromatic nitrogens is 4. The fraction of sp³-hybridized carbons (Fsp3) is 0.400. The van der Waals surface area contributed by atoms with E-state index in [1.165, 1.54) is 23.0 Å². The van der Waals surface area contributed by atoms with Crippen LogP contribution >= 0.6 is 33.9 Å². The first kappa shape index (κ1) is 14.5. The largest absolute Gasteiger partial charge is 0.306 e. The minimum Gasteiger partial charge on any atom is -0.306 e. The molecule has 1 aliphatic rings. The van der Waals surface area contributed by atoms with Gasteiger partial charge in [0.05, 0.1) is 0 Å². The van der Waals surface area contributed by atoms with Crippen molar-refractivity contribution in [3.63, 3.8) is 0 Å². The SMILES string of the molecule is CN1CCCC(c2nnc3sc(-c4ccc(I)cc4)nn23)C1. The summed E-state index contributed by atoms with van der Waals surface area (Å²) >= 11 is 3.92. The molecule has 1 saturated heterocycles. The van der Waals surface area contributed by atoms with Crippen molar-refractivity contribution >= 4 is 38.9 Å². The van der Waals surface area contributed by atoms with E-state index < -0.39 is 0 Å². The summed E-state index contributed by atoms with van der Waals surface area (Å²) in [5.41, 5.74) is 1.14. The van der Waals surface area contributed by atoms with Crippen LogP contribution in [0.25, 0.3) is 15.5 Å². The number of hydrogen-bond acceptors (Lipinski definition) is 5. The van der Waals surface area contributed by atoms with Gasteiger partial charge in [0.2, 0.25) is 4.96 Å². The number of likely N-dealkylation sites (tertiary alicyclic amines) is 1. The third-order valence-electron chi connectivity index (χ3n) is 4.10. The maximum absolute atomic E-state index is 4.76. The topological polar surface area (TPSA) is 46.3 Å². The Morgan fingerprint density at radius 3 is 2.82 bits per heavy atom. The summed E-state index contributed by atoms with van der Waals surface area (Å²) in [7, 11) is 2.17. The normalized spacial score (nSPS) is 19.8. The number of fused-ring (bicyclic) bond motifs is 1. The second-order valence-corrected chi connectivity index (χ2v) is 7.97. The van der Waals surface area contributed by atoms with E-state index in [1.807, 2.05) is 4.52 Å². The van der Waals surface area contributed by atoms with Gasteiger partial charge < -0.3 is 4.90 Å². The molecule has 1 aromatic carbocycles. The Hall–Kier alpha value is -1.06. The van der Waals surface area contributed by atoms with Crippen LogP contribution < -0.4 is 0 Å².